The first-order valence-corrected chi connectivity index (χ1v) is 8.39. The summed E-state index contributed by atoms with van der Waals surface area (Å²) in [6, 6.07) is 7.99. The lowest BCUT2D eigenvalue weighted by Crippen LogP contribution is -2.52. The number of hydrogen-bond acceptors (Lipinski definition) is 4. The molecule has 23 heavy (non-hydrogen) atoms. The molecule has 2 aliphatic heterocycles. The smallest absolute Gasteiger partial charge is 0.287 e. The van der Waals surface area contributed by atoms with Crippen molar-refractivity contribution in [2.24, 2.45) is 0 Å². The van der Waals surface area contributed by atoms with Crippen molar-refractivity contribution in [3.63, 3.8) is 0 Å². The molecule has 122 valence electrons. The molecule has 0 spiro atoms. The van der Waals surface area contributed by atoms with Crippen molar-refractivity contribution in [3.05, 3.63) is 30.1 Å². The largest absolute Gasteiger partial charge is 0.378 e. The number of ether oxygens (including phenoxy) is 1. The highest BCUT2D eigenvalue weighted by Gasteiger charge is 2.35. The third kappa shape index (κ3) is 2.96. The molecule has 0 bridgehead atoms. The Kier molecular flexibility index (Phi) is 4.01. The van der Waals surface area contributed by atoms with E-state index < -0.39 is 0 Å². The number of rotatable bonds is 3. The summed E-state index contributed by atoms with van der Waals surface area (Å²) in [5.41, 5.74) is 1.70. The lowest BCUT2D eigenvalue weighted by atomic mass is 10.0. The topological polar surface area (TPSA) is 70.2 Å². The fraction of sp³-hybridized carbons (Fsp3) is 0.529. The number of amides is 1. The second-order valence-electron chi connectivity index (χ2n) is 6.38. The van der Waals surface area contributed by atoms with Gasteiger partial charge in [0.15, 0.2) is 5.82 Å². The van der Waals surface area contributed by atoms with Crippen LogP contribution in [0.15, 0.2) is 24.3 Å². The Bertz CT molecular complexity index is 660. The number of hydrogen-bond donors (Lipinski definition) is 2. The minimum absolute atomic E-state index is 0.0359. The average molecular weight is 314 g/mol. The summed E-state index contributed by atoms with van der Waals surface area (Å²) >= 11 is 0. The number of nitrogens with one attached hydrogen (secondary N) is 2. The van der Waals surface area contributed by atoms with E-state index in [1.54, 1.807) is 0 Å². The summed E-state index contributed by atoms with van der Waals surface area (Å²) in [4.78, 5) is 22.4. The predicted octanol–water partition coefficient (Wildman–Crippen LogP) is 1.55. The van der Waals surface area contributed by atoms with E-state index in [2.05, 4.69) is 20.2 Å². The Hall–Kier alpha value is -1.92. The van der Waals surface area contributed by atoms with E-state index in [-0.39, 0.29) is 18.0 Å². The molecule has 0 saturated carbocycles. The van der Waals surface area contributed by atoms with Crippen LogP contribution in [0.3, 0.4) is 0 Å². The zero-order chi connectivity index (χ0) is 15.6. The molecule has 1 amide bonds. The van der Waals surface area contributed by atoms with Crippen LogP contribution in [-0.4, -0.2) is 59.2 Å². The van der Waals surface area contributed by atoms with E-state index in [9.17, 15) is 4.79 Å². The van der Waals surface area contributed by atoms with E-state index in [0.717, 1.165) is 24.1 Å². The normalized spacial score (nSPS) is 25.7. The summed E-state index contributed by atoms with van der Waals surface area (Å²) in [6.07, 6.45) is 3.78. The maximum absolute atomic E-state index is 12.5. The number of piperidine rings is 1. The van der Waals surface area contributed by atoms with Crippen molar-refractivity contribution < 1.29 is 9.53 Å². The van der Waals surface area contributed by atoms with Crippen LogP contribution in [0, 0.1) is 0 Å². The number of aromatic amines is 1. The predicted molar refractivity (Wildman–Crippen MR) is 87.4 cm³/mol. The van der Waals surface area contributed by atoms with E-state index in [0.29, 0.717) is 19.0 Å². The van der Waals surface area contributed by atoms with Crippen molar-refractivity contribution in [3.8, 4) is 0 Å². The Morgan fingerprint density at radius 1 is 1.22 bits per heavy atom. The molecule has 6 nitrogen and oxygen atoms in total. The standard InChI is InChI=1S/C17H22N4O2/c22-17(16-18-12-6-2-3-7-13(12)19-16)20-14-10-23-11-15(14)21-8-4-1-5-9-21/h2-3,6-7,14-15H,1,4-5,8-11H2,(H,18,19)(H,20,22)/t14-,15-/m0/s1. The van der Waals surface area contributed by atoms with Gasteiger partial charge in [-0.1, -0.05) is 18.6 Å². The van der Waals surface area contributed by atoms with E-state index >= 15 is 0 Å². The maximum Gasteiger partial charge on any atom is 0.287 e. The molecule has 3 heterocycles. The first kappa shape index (κ1) is 14.7. The average Bonchev–Trinajstić information content (AvgIpc) is 3.22. The van der Waals surface area contributed by atoms with Gasteiger partial charge in [-0.3, -0.25) is 9.69 Å². The van der Waals surface area contributed by atoms with E-state index in [1.807, 2.05) is 24.3 Å². The molecule has 0 aliphatic carbocycles. The highest BCUT2D eigenvalue weighted by atomic mass is 16.5. The molecule has 2 saturated heterocycles. The summed E-state index contributed by atoms with van der Waals surface area (Å²) in [7, 11) is 0. The number of nitrogens with zero attached hydrogens (tertiary/aromatic N) is 2. The molecule has 2 fully saturated rings. The lowest BCUT2D eigenvalue weighted by molar-refractivity contribution is 0.0891. The van der Waals surface area contributed by atoms with Crippen LogP contribution in [-0.2, 0) is 4.74 Å². The number of carbonyl (C=O) groups is 1. The Morgan fingerprint density at radius 3 is 2.87 bits per heavy atom. The van der Waals surface area contributed by atoms with Crippen LogP contribution in [0.5, 0.6) is 0 Å². The summed E-state index contributed by atoms with van der Waals surface area (Å²) in [6.45, 7) is 3.48. The van der Waals surface area contributed by atoms with Gasteiger partial charge in [-0.2, -0.15) is 0 Å². The molecule has 2 aromatic rings. The van der Waals surface area contributed by atoms with Crippen LogP contribution in [0.1, 0.15) is 29.9 Å². The number of H-pyrrole nitrogens is 1. The highest BCUT2D eigenvalue weighted by molar-refractivity contribution is 5.94. The molecule has 6 heteroatoms. The number of likely N-dealkylation sites (tertiary alicyclic amines) is 1. The highest BCUT2D eigenvalue weighted by Crippen LogP contribution is 2.19. The second-order valence-corrected chi connectivity index (χ2v) is 6.38. The van der Waals surface area contributed by atoms with Crippen LogP contribution >= 0.6 is 0 Å². The molecule has 1 aromatic carbocycles. The summed E-state index contributed by atoms with van der Waals surface area (Å²) in [5, 5.41) is 3.10. The fourth-order valence-corrected chi connectivity index (χ4v) is 3.59. The molecule has 4 rings (SSSR count). The van der Waals surface area contributed by atoms with Crippen molar-refractivity contribution in [2.45, 2.75) is 31.3 Å². The Balaban J connectivity index is 1.46. The van der Waals surface area contributed by atoms with Crippen molar-refractivity contribution in [1.29, 1.82) is 0 Å². The molecule has 0 unspecified atom stereocenters. The number of carbonyl (C=O) groups excluding carboxylic acids is 1. The lowest BCUT2D eigenvalue weighted by Gasteiger charge is -2.34. The monoisotopic (exact) mass is 314 g/mol. The first-order chi connectivity index (χ1) is 11.3. The zero-order valence-corrected chi connectivity index (χ0v) is 13.1. The molecule has 2 aliphatic rings. The molecule has 0 radical (unpaired) electrons. The van der Waals surface area contributed by atoms with Gasteiger partial charge in [-0.05, 0) is 38.1 Å². The van der Waals surface area contributed by atoms with Crippen LogP contribution in [0.25, 0.3) is 11.0 Å². The number of fused-ring (bicyclic) bond motifs is 1. The van der Waals surface area contributed by atoms with Crippen molar-refractivity contribution in [2.75, 3.05) is 26.3 Å². The van der Waals surface area contributed by atoms with Crippen molar-refractivity contribution in [1.82, 2.24) is 20.2 Å². The maximum atomic E-state index is 12.5. The quantitative estimate of drug-likeness (QED) is 0.902. The molecular formula is C17H22N4O2. The minimum atomic E-state index is -0.154. The van der Waals surface area contributed by atoms with Gasteiger partial charge in [0.05, 0.1) is 36.3 Å². The third-order valence-electron chi connectivity index (χ3n) is 4.83. The third-order valence-corrected chi connectivity index (χ3v) is 4.83. The first-order valence-electron chi connectivity index (χ1n) is 8.39. The number of aromatic nitrogens is 2. The number of benzene rings is 1. The summed E-state index contributed by atoms with van der Waals surface area (Å²) < 4.78 is 5.63. The zero-order valence-electron chi connectivity index (χ0n) is 13.1. The molecule has 2 atom stereocenters. The van der Waals surface area contributed by atoms with Gasteiger partial charge < -0.3 is 15.0 Å². The van der Waals surface area contributed by atoms with Crippen LogP contribution in [0.2, 0.25) is 0 Å². The van der Waals surface area contributed by atoms with Gasteiger partial charge in [0, 0.05) is 0 Å². The number of imidazole rings is 1. The van der Waals surface area contributed by atoms with E-state index in [1.165, 1.54) is 19.3 Å². The van der Waals surface area contributed by atoms with Gasteiger partial charge in [0.25, 0.3) is 5.91 Å². The molecule has 1 aromatic heterocycles. The van der Waals surface area contributed by atoms with Crippen LogP contribution < -0.4 is 5.32 Å². The SMILES string of the molecule is O=C(N[C@H]1COC[C@@H]1N1CCCCC1)c1nc2ccccc2[nH]1. The molecular weight excluding hydrogens is 292 g/mol. The van der Waals surface area contributed by atoms with E-state index in [4.69, 9.17) is 4.74 Å². The van der Waals surface area contributed by atoms with Gasteiger partial charge >= 0.3 is 0 Å². The minimum Gasteiger partial charge on any atom is -0.378 e. The second kappa shape index (κ2) is 6.29. The summed E-state index contributed by atoms with van der Waals surface area (Å²) in [5.74, 6) is 0.217. The van der Waals surface area contributed by atoms with Crippen molar-refractivity contribution >= 4 is 16.9 Å². The van der Waals surface area contributed by atoms with Crippen LogP contribution in [0.4, 0.5) is 0 Å². The van der Waals surface area contributed by atoms with Gasteiger partial charge in [-0.15, -0.1) is 0 Å². The Morgan fingerprint density at radius 2 is 2.04 bits per heavy atom. The van der Waals surface area contributed by atoms with Gasteiger partial charge in [0.1, 0.15) is 0 Å². The van der Waals surface area contributed by atoms with Gasteiger partial charge in [-0.25, -0.2) is 4.98 Å². The van der Waals surface area contributed by atoms with Gasteiger partial charge in [0.2, 0.25) is 0 Å². The fourth-order valence-electron chi connectivity index (χ4n) is 3.59. The number of para-hydroxylation sites is 2. The Labute approximate surface area is 135 Å². The molecule has 2 N–H and O–H groups in total.